The van der Waals surface area contributed by atoms with Gasteiger partial charge in [-0.15, -0.1) is 0 Å². The smallest absolute Gasteiger partial charge is 0.200 e. The lowest BCUT2D eigenvalue weighted by Crippen LogP contribution is -2.34. The van der Waals surface area contributed by atoms with Crippen molar-refractivity contribution in [2.75, 3.05) is 14.2 Å². The third-order valence-electron chi connectivity index (χ3n) is 3.37. The first-order valence-electron chi connectivity index (χ1n) is 5.54. The van der Waals surface area contributed by atoms with Gasteiger partial charge in [0.05, 0.1) is 14.2 Å². The molecule has 2 N–H and O–H groups in total. The molecule has 1 aliphatic carbocycles. The third kappa shape index (κ3) is 1.89. The normalized spacial score (nSPS) is 22.1. The Morgan fingerprint density at radius 2 is 2.00 bits per heavy atom. The van der Waals surface area contributed by atoms with Crippen LogP contribution in [0, 0.1) is 0 Å². The van der Waals surface area contributed by atoms with E-state index in [0.29, 0.717) is 11.5 Å². The fourth-order valence-corrected chi connectivity index (χ4v) is 2.40. The number of benzene rings is 1. The van der Waals surface area contributed by atoms with E-state index < -0.39 is 5.54 Å². The Balaban J connectivity index is 2.49. The zero-order valence-corrected chi connectivity index (χ0v) is 10.1. The number of rotatable bonds is 4. The van der Waals surface area contributed by atoms with Crippen LogP contribution in [0.5, 0.6) is 11.5 Å². The van der Waals surface area contributed by atoms with Crippen LogP contribution in [0.15, 0.2) is 12.1 Å². The molecule has 1 aromatic rings. The number of aryl methyl sites for hydroxylation is 1. The highest BCUT2D eigenvalue weighted by molar-refractivity contribution is 5.58. The monoisotopic (exact) mass is 234 g/mol. The Bertz CT molecular complexity index is 445. The molecule has 4 heteroatoms. The molecule has 0 unspecified atom stereocenters. The van der Waals surface area contributed by atoms with Crippen LogP contribution in [0.4, 0.5) is 0 Å². The minimum atomic E-state index is -0.601. The molecule has 0 saturated heterocycles. The van der Waals surface area contributed by atoms with Crippen molar-refractivity contribution < 1.29 is 14.3 Å². The molecule has 0 spiro atoms. The minimum absolute atomic E-state index is 0.218. The van der Waals surface area contributed by atoms with E-state index in [1.54, 1.807) is 14.2 Å². The minimum Gasteiger partial charge on any atom is -0.493 e. The summed E-state index contributed by atoms with van der Waals surface area (Å²) < 4.78 is 10.5. The van der Waals surface area contributed by atoms with Gasteiger partial charge in [0.25, 0.3) is 0 Å². The number of hydrogen-bond donors (Lipinski definition) is 1. The topological polar surface area (TPSA) is 61.6 Å². The lowest BCUT2D eigenvalue weighted by atomic mass is 9.90. The summed E-state index contributed by atoms with van der Waals surface area (Å²) in [5.74, 6) is 1.35. The number of fused-ring (bicyclic) bond motifs is 1. The lowest BCUT2D eigenvalue weighted by molar-refractivity contribution is 0.353. The van der Waals surface area contributed by atoms with Gasteiger partial charge in [0.15, 0.2) is 11.5 Å². The van der Waals surface area contributed by atoms with Gasteiger partial charge in [0, 0.05) is 12.0 Å². The first kappa shape index (κ1) is 11.9. The van der Waals surface area contributed by atoms with Crippen LogP contribution >= 0.6 is 0 Å². The van der Waals surface area contributed by atoms with Crippen LogP contribution in [0.2, 0.25) is 0 Å². The van der Waals surface area contributed by atoms with Crippen molar-refractivity contribution in [2.45, 2.75) is 24.8 Å². The molecular weight excluding hydrogens is 218 g/mol. The van der Waals surface area contributed by atoms with E-state index in [0.717, 1.165) is 24.0 Å². The number of methoxy groups -OCH3 is 2. The van der Waals surface area contributed by atoms with E-state index in [2.05, 4.69) is 0 Å². The molecule has 0 bridgehead atoms. The predicted molar refractivity (Wildman–Crippen MR) is 64.0 cm³/mol. The molecular formula is C13H16NO3. The van der Waals surface area contributed by atoms with Gasteiger partial charge in [-0.05, 0) is 36.1 Å². The van der Waals surface area contributed by atoms with Crippen molar-refractivity contribution in [3.8, 4) is 11.5 Å². The molecule has 0 aliphatic heterocycles. The molecule has 1 atom stereocenters. The summed E-state index contributed by atoms with van der Waals surface area (Å²) in [6, 6.07) is 3.81. The van der Waals surface area contributed by atoms with Gasteiger partial charge in [-0.25, -0.2) is 0 Å². The van der Waals surface area contributed by atoms with Crippen molar-refractivity contribution in [1.29, 1.82) is 0 Å². The summed E-state index contributed by atoms with van der Waals surface area (Å²) in [4.78, 5) is 10.6. The molecule has 0 heterocycles. The Morgan fingerprint density at radius 3 is 2.59 bits per heavy atom. The number of nitrogens with two attached hydrogens (primary N) is 1. The van der Waals surface area contributed by atoms with Gasteiger partial charge in [-0.2, -0.15) is 0 Å². The second-order valence-electron chi connectivity index (χ2n) is 4.34. The summed E-state index contributed by atoms with van der Waals surface area (Å²) >= 11 is 0. The van der Waals surface area contributed by atoms with Gasteiger partial charge >= 0.3 is 0 Å². The van der Waals surface area contributed by atoms with Crippen LogP contribution in [0.25, 0.3) is 0 Å². The maximum atomic E-state index is 10.6. The van der Waals surface area contributed by atoms with E-state index in [9.17, 15) is 4.79 Å². The summed E-state index contributed by atoms with van der Waals surface area (Å²) in [5.41, 5.74) is 7.73. The standard InChI is InChI=1S/C13H16NO3/c1-16-11-7-9-3-4-13(14,5-6-15)10(9)8-12(11)17-2/h7-8H,3-5,14H2,1-2H3/t13-/m1/s1. The average Bonchev–Trinajstić information content (AvgIpc) is 2.65. The van der Waals surface area contributed by atoms with Crippen LogP contribution in [-0.4, -0.2) is 20.5 Å². The van der Waals surface area contributed by atoms with Crippen LogP contribution in [-0.2, 0) is 16.8 Å². The Kier molecular flexibility index (Phi) is 3.07. The molecule has 91 valence electrons. The van der Waals surface area contributed by atoms with Gasteiger partial charge in [-0.3, -0.25) is 4.79 Å². The van der Waals surface area contributed by atoms with E-state index in [1.165, 1.54) is 0 Å². The molecule has 0 aromatic heterocycles. The highest BCUT2D eigenvalue weighted by Gasteiger charge is 2.36. The maximum absolute atomic E-state index is 10.6. The van der Waals surface area contributed by atoms with E-state index in [4.69, 9.17) is 15.2 Å². The lowest BCUT2D eigenvalue weighted by Gasteiger charge is -2.23. The zero-order chi connectivity index (χ0) is 12.5. The summed E-state index contributed by atoms with van der Waals surface area (Å²) in [6.45, 7) is 0. The fraction of sp³-hybridized carbons (Fsp3) is 0.462. The molecule has 0 fully saturated rings. The van der Waals surface area contributed by atoms with Crippen molar-refractivity contribution in [3.05, 3.63) is 23.3 Å². The average molecular weight is 234 g/mol. The van der Waals surface area contributed by atoms with Gasteiger partial charge in [-0.1, -0.05) is 0 Å². The largest absolute Gasteiger partial charge is 0.493 e. The fourth-order valence-electron chi connectivity index (χ4n) is 2.40. The summed E-state index contributed by atoms with van der Waals surface area (Å²) in [5, 5.41) is 0. The second-order valence-corrected chi connectivity index (χ2v) is 4.34. The Morgan fingerprint density at radius 1 is 1.35 bits per heavy atom. The second kappa shape index (κ2) is 4.37. The molecule has 1 radical (unpaired) electrons. The molecule has 1 aromatic carbocycles. The quantitative estimate of drug-likeness (QED) is 0.853. The first-order valence-corrected chi connectivity index (χ1v) is 5.54. The van der Waals surface area contributed by atoms with Crippen molar-refractivity contribution in [3.63, 3.8) is 0 Å². The van der Waals surface area contributed by atoms with Crippen LogP contribution in [0.3, 0.4) is 0 Å². The molecule has 2 rings (SSSR count). The third-order valence-corrected chi connectivity index (χ3v) is 3.37. The highest BCUT2D eigenvalue weighted by Crippen LogP contribution is 2.42. The Labute approximate surface area is 101 Å². The Hall–Kier alpha value is -1.55. The molecule has 4 nitrogen and oxygen atoms in total. The zero-order valence-electron chi connectivity index (χ0n) is 10.1. The van der Waals surface area contributed by atoms with Crippen LogP contribution in [0.1, 0.15) is 24.0 Å². The van der Waals surface area contributed by atoms with Gasteiger partial charge in [0.2, 0.25) is 6.29 Å². The predicted octanol–water partition coefficient (Wildman–Crippen LogP) is 1.30. The molecule has 17 heavy (non-hydrogen) atoms. The van der Waals surface area contributed by atoms with Crippen LogP contribution < -0.4 is 15.2 Å². The SMILES string of the molecule is COc1cc2c(cc1OC)[C@](N)(C[C]=O)CC2. The van der Waals surface area contributed by atoms with E-state index >= 15 is 0 Å². The first-order chi connectivity index (χ1) is 8.14. The van der Waals surface area contributed by atoms with Crippen molar-refractivity contribution in [1.82, 2.24) is 0 Å². The van der Waals surface area contributed by atoms with E-state index in [-0.39, 0.29) is 6.42 Å². The number of ether oxygens (including phenoxy) is 2. The summed E-state index contributed by atoms with van der Waals surface area (Å²) in [7, 11) is 3.19. The number of hydrogen-bond acceptors (Lipinski definition) is 4. The van der Waals surface area contributed by atoms with E-state index in [1.807, 2.05) is 18.4 Å². The highest BCUT2D eigenvalue weighted by atomic mass is 16.5. The molecule has 1 aliphatic rings. The molecule has 0 amide bonds. The van der Waals surface area contributed by atoms with Gasteiger partial charge in [0.1, 0.15) is 0 Å². The maximum Gasteiger partial charge on any atom is 0.200 e. The molecule has 0 saturated carbocycles. The van der Waals surface area contributed by atoms with Gasteiger partial charge < -0.3 is 15.2 Å². The van der Waals surface area contributed by atoms with Crippen molar-refractivity contribution in [2.24, 2.45) is 5.73 Å². The summed E-state index contributed by atoms with van der Waals surface area (Å²) in [6.07, 6.45) is 3.74. The van der Waals surface area contributed by atoms with Crippen molar-refractivity contribution >= 4 is 6.29 Å². The number of carbonyl (C=O) groups excluding carboxylic acids is 1.